The monoisotopic (exact) mass is 375 g/mol. The Hall–Kier alpha value is -3.74. The van der Waals surface area contributed by atoms with Crippen LogP contribution in [0.5, 0.6) is 0 Å². The summed E-state index contributed by atoms with van der Waals surface area (Å²) in [5.74, 6) is -0.0230. The van der Waals surface area contributed by atoms with E-state index in [4.69, 9.17) is 0 Å². The molecule has 0 aliphatic rings. The summed E-state index contributed by atoms with van der Waals surface area (Å²) in [6.07, 6.45) is 2.94. The lowest BCUT2D eigenvalue weighted by Crippen LogP contribution is -2.13. The summed E-state index contributed by atoms with van der Waals surface area (Å²) in [5.41, 5.74) is 4.74. The number of hydrogen-bond donors (Lipinski definition) is 3. The van der Waals surface area contributed by atoms with Gasteiger partial charge in [-0.25, -0.2) is 9.97 Å². The van der Waals surface area contributed by atoms with E-state index in [1.165, 1.54) is 19.3 Å². The van der Waals surface area contributed by atoms with E-state index in [0.717, 1.165) is 22.5 Å². The van der Waals surface area contributed by atoms with E-state index in [1.54, 1.807) is 24.3 Å². The lowest BCUT2D eigenvalue weighted by atomic mass is 10.1. The number of carbonyl (C=O) groups excluding carboxylic acids is 2. The molecular formula is C21H21N5O2. The summed E-state index contributed by atoms with van der Waals surface area (Å²) in [6, 6.07) is 13.0. The smallest absolute Gasteiger partial charge is 0.258 e. The van der Waals surface area contributed by atoms with Crippen LogP contribution in [0.3, 0.4) is 0 Å². The number of amides is 2. The zero-order valence-electron chi connectivity index (χ0n) is 15.9. The van der Waals surface area contributed by atoms with Gasteiger partial charge in [0.2, 0.25) is 11.9 Å². The van der Waals surface area contributed by atoms with Crippen molar-refractivity contribution in [2.45, 2.75) is 20.8 Å². The fourth-order valence-electron chi connectivity index (χ4n) is 2.73. The summed E-state index contributed by atoms with van der Waals surface area (Å²) >= 11 is 0. The van der Waals surface area contributed by atoms with Crippen molar-refractivity contribution in [1.82, 2.24) is 9.97 Å². The van der Waals surface area contributed by atoms with E-state index in [0.29, 0.717) is 17.2 Å². The fourth-order valence-corrected chi connectivity index (χ4v) is 2.73. The fraction of sp³-hybridized carbons (Fsp3) is 0.143. The van der Waals surface area contributed by atoms with Gasteiger partial charge in [0, 0.05) is 36.4 Å². The molecule has 2 amide bonds. The first-order chi connectivity index (χ1) is 13.4. The third kappa shape index (κ3) is 5.14. The summed E-state index contributed by atoms with van der Waals surface area (Å²) in [5, 5.41) is 8.61. The van der Waals surface area contributed by atoms with Gasteiger partial charge in [0.15, 0.2) is 0 Å². The molecule has 0 bridgehead atoms. The van der Waals surface area contributed by atoms with Crippen LogP contribution in [-0.4, -0.2) is 21.8 Å². The molecule has 1 aromatic heterocycles. The van der Waals surface area contributed by atoms with E-state index in [9.17, 15) is 9.59 Å². The lowest BCUT2D eigenvalue weighted by Gasteiger charge is -2.09. The van der Waals surface area contributed by atoms with E-state index < -0.39 is 0 Å². The molecule has 1 heterocycles. The summed E-state index contributed by atoms with van der Waals surface area (Å²) in [7, 11) is 0. The van der Waals surface area contributed by atoms with Crippen LogP contribution in [0.1, 0.15) is 28.4 Å². The van der Waals surface area contributed by atoms with Gasteiger partial charge in [-0.15, -0.1) is 0 Å². The van der Waals surface area contributed by atoms with Gasteiger partial charge in [-0.2, -0.15) is 0 Å². The Morgan fingerprint density at radius 3 is 1.93 bits per heavy atom. The second-order valence-corrected chi connectivity index (χ2v) is 6.51. The molecule has 7 nitrogen and oxygen atoms in total. The number of benzene rings is 2. The van der Waals surface area contributed by atoms with Gasteiger partial charge in [-0.3, -0.25) is 9.59 Å². The Morgan fingerprint density at radius 1 is 0.786 bits per heavy atom. The second-order valence-electron chi connectivity index (χ2n) is 6.51. The molecule has 142 valence electrons. The van der Waals surface area contributed by atoms with Crippen LogP contribution >= 0.6 is 0 Å². The van der Waals surface area contributed by atoms with E-state index in [-0.39, 0.29) is 11.8 Å². The highest BCUT2D eigenvalue weighted by Crippen LogP contribution is 2.17. The molecule has 3 rings (SSSR count). The maximum absolute atomic E-state index is 12.4. The zero-order valence-corrected chi connectivity index (χ0v) is 15.9. The van der Waals surface area contributed by atoms with Crippen molar-refractivity contribution in [2.75, 3.05) is 16.0 Å². The van der Waals surface area contributed by atoms with Crippen LogP contribution < -0.4 is 16.0 Å². The van der Waals surface area contributed by atoms with Crippen molar-refractivity contribution in [1.29, 1.82) is 0 Å². The highest BCUT2D eigenvalue weighted by Gasteiger charge is 2.09. The number of aromatic nitrogens is 2. The molecule has 0 unspecified atom stereocenters. The van der Waals surface area contributed by atoms with Gasteiger partial charge < -0.3 is 16.0 Å². The van der Waals surface area contributed by atoms with Gasteiger partial charge >= 0.3 is 0 Å². The molecule has 0 aliphatic carbocycles. The lowest BCUT2D eigenvalue weighted by molar-refractivity contribution is -0.114. The molecule has 0 saturated carbocycles. The van der Waals surface area contributed by atoms with Crippen molar-refractivity contribution in [2.24, 2.45) is 0 Å². The number of carbonyl (C=O) groups is 2. The van der Waals surface area contributed by atoms with Crippen molar-refractivity contribution < 1.29 is 9.59 Å². The minimum atomic E-state index is -0.267. The Bertz CT molecular complexity index is 978. The first-order valence-electron chi connectivity index (χ1n) is 8.75. The van der Waals surface area contributed by atoms with Crippen molar-refractivity contribution in [3.63, 3.8) is 0 Å². The van der Waals surface area contributed by atoms with Crippen LogP contribution in [0.2, 0.25) is 0 Å². The Balaban J connectivity index is 1.64. The van der Waals surface area contributed by atoms with E-state index >= 15 is 0 Å². The third-order valence-corrected chi connectivity index (χ3v) is 3.85. The van der Waals surface area contributed by atoms with Crippen LogP contribution in [-0.2, 0) is 4.79 Å². The molecule has 0 fully saturated rings. The normalized spacial score (nSPS) is 10.2. The van der Waals surface area contributed by atoms with Gasteiger partial charge in [-0.05, 0) is 61.4 Å². The van der Waals surface area contributed by atoms with E-state index in [1.807, 2.05) is 32.0 Å². The summed E-state index contributed by atoms with van der Waals surface area (Å²) in [4.78, 5) is 31.8. The molecular weight excluding hydrogens is 354 g/mol. The second kappa shape index (κ2) is 8.30. The van der Waals surface area contributed by atoms with Crippen molar-refractivity contribution >= 4 is 34.8 Å². The van der Waals surface area contributed by atoms with Crippen molar-refractivity contribution in [3.8, 4) is 0 Å². The molecule has 2 aromatic carbocycles. The predicted octanol–water partition coefficient (Wildman–Crippen LogP) is 4.05. The molecule has 28 heavy (non-hydrogen) atoms. The minimum absolute atomic E-state index is 0.126. The molecule has 0 aliphatic heterocycles. The van der Waals surface area contributed by atoms with Gasteiger partial charge in [0.1, 0.15) is 0 Å². The molecule has 0 spiro atoms. The standard InChI is InChI=1S/C21H21N5O2/c1-13-8-14(2)10-19(9-13)25-20(28)16-11-22-21(23-12-16)26-18-6-4-17(5-7-18)24-15(3)27/h4-12H,1-3H3,(H,24,27)(H,25,28)(H,22,23,26). The molecule has 3 N–H and O–H groups in total. The third-order valence-electron chi connectivity index (χ3n) is 3.85. The quantitative estimate of drug-likeness (QED) is 0.625. The zero-order chi connectivity index (χ0) is 20.1. The van der Waals surface area contributed by atoms with Crippen LogP contribution in [0, 0.1) is 13.8 Å². The molecule has 0 atom stereocenters. The van der Waals surface area contributed by atoms with Crippen LogP contribution in [0.25, 0.3) is 0 Å². The predicted molar refractivity (Wildman–Crippen MR) is 110 cm³/mol. The highest BCUT2D eigenvalue weighted by atomic mass is 16.2. The average Bonchev–Trinajstić information content (AvgIpc) is 2.62. The minimum Gasteiger partial charge on any atom is -0.326 e. The van der Waals surface area contributed by atoms with Crippen molar-refractivity contribution in [3.05, 3.63) is 71.5 Å². The first kappa shape index (κ1) is 19.0. The average molecular weight is 375 g/mol. The number of rotatable bonds is 5. The van der Waals surface area contributed by atoms with Gasteiger partial charge in [-0.1, -0.05) is 6.07 Å². The molecule has 3 aromatic rings. The number of hydrogen-bond acceptors (Lipinski definition) is 5. The molecule has 0 saturated heterocycles. The number of aryl methyl sites for hydroxylation is 2. The topological polar surface area (TPSA) is 96.0 Å². The Morgan fingerprint density at radius 2 is 1.36 bits per heavy atom. The number of nitrogens with zero attached hydrogens (tertiary/aromatic N) is 2. The Labute approximate surface area is 163 Å². The van der Waals surface area contributed by atoms with Gasteiger partial charge in [0.25, 0.3) is 5.91 Å². The van der Waals surface area contributed by atoms with Crippen LogP contribution in [0.4, 0.5) is 23.0 Å². The largest absolute Gasteiger partial charge is 0.326 e. The highest BCUT2D eigenvalue weighted by molar-refractivity contribution is 6.04. The van der Waals surface area contributed by atoms with E-state index in [2.05, 4.69) is 25.9 Å². The SMILES string of the molecule is CC(=O)Nc1ccc(Nc2ncc(C(=O)Nc3cc(C)cc(C)c3)cn2)cc1. The van der Waals surface area contributed by atoms with Crippen LogP contribution in [0.15, 0.2) is 54.9 Å². The molecule has 0 radical (unpaired) electrons. The number of anilines is 4. The first-order valence-corrected chi connectivity index (χ1v) is 8.75. The summed E-state index contributed by atoms with van der Waals surface area (Å²) < 4.78 is 0. The van der Waals surface area contributed by atoms with Gasteiger partial charge in [0.05, 0.1) is 5.56 Å². The molecule has 7 heteroatoms. The maximum Gasteiger partial charge on any atom is 0.258 e. The summed E-state index contributed by atoms with van der Waals surface area (Å²) in [6.45, 7) is 5.42. The Kier molecular flexibility index (Phi) is 5.64. The maximum atomic E-state index is 12.4. The number of nitrogens with one attached hydrogen (secondary N) is 3.